The highest BCUT2D eigenvalue weighted by atomic mass is 16.5. The first-order chi connectivity index (χ1) is 8.64. The molecule has 0 saturated heterocycles. The Morgan fingerprint density at radius 1 is 1.39 bits per heavy atom. The zero-order valence-electron chi connectivity index (χ0n) is 11.9. The molecule has 0 aromatic heterocycles. The maximum absolute atomic E-state index is 12.3. The second-order valence-electron chi connectivity index (χ2n) is 5.72. The number of nitrogens with zero attached hydrogens (tertiary/aromatic N) is 1. The van der Waals surface area contributed by atoms with Gasteiger partial charge in [0.2, 0.25) is 0 Å². The topological polar surface area (TPSA) is 41.6 Å². The number of carbonyl (C=O) groups excluding carboxylic acids is 1. The van der Waals surface area contributed by atoms with Crippen LogP contribution in [0.4, 0.5) is 0 Å². The lowest BCUT2D eigenvalue weighted by Gasteiger charge is -2.41. The summed E-state index contributed by atoms with van der Waals surface area (Å²) in [4.78, 5) is 14.7. The van der Waals surface area contributed by atoms with Gasteiger partial charge in [0.25, 0.3) is 0 Å². The molecule has 0 spiro atoms. The number of esters is 1. The molecular weight excluding hydrogens is 228 g/mol. The third kappa shape index (κ3) is 2.54. The van der Waals surface area contributed by atoms with E-state index in [4.69, 9.17) is 4.74 Å². The van der Waals surface area contributed by atoms with Crippen molar-refractivity contribution in [3.63, 3.8) is 0 Å². The molecule has 0 aliphatic heterocycles. The molecule has 0 aromatic carbocycles. The molecule has 2 saturated carbocycles. The van der Waals surface area contributed by atoms with Crippen molar-refractivity contribution in [3.05, 3.63) is 0 Å². The molecule has 2 rings (SSSR count). The molecule has 1 N–H and O–H groups in total. The molecule has 0 radical (unpaired) electrons. The molecule has 2 aliphatic rings. The number of ether oxygens (including phenoxy) is 1. The van der Waals surface area contributed by atoms with E-state index in [0.717, 1.165) is 19.4 Å². The number of rotatable bonds is 7. The van der Waals surface area contributed by atoms with Crippen molar-refractivity contribution in [1.82, 2.24) is 10.2 Å². The van der Waals surface area contributed by atoms with E-state index in [9.17, 15) is 4.79 Å². The van der Waals surface area contributed by atoms with Crippen LogP contribution in [-0.2, 0) is 9.53 Å². The van der Waals surface area contributed by atoms with Gasteiger partial charge in [-0.25, -0.2) is 4.79 Å². The fourth-order valence-corrected chi connectivity index (χ4v) is 2.93. The summed E-state index contributed by atoms with van der Waals surface area (Å²) in [5.74, 6) is 0.380. The first-order valence-corrected chi connectivity index (χ1v) is 7.20. The van der Waals surface area contributed by atoms with E-state index in [-0.39, 0.29) is 5.97 Å². The smallest absolute Gasteiger partial charge is 0.327 e. The van der Waals surface area contributed by atoms with E-state index in [2.05, 4.69) is 17.3 Å². The van der Waals surface area contributed by atoms with Gasteiger partial charge >= 0.3 is 5.97 Å². The van der Waals surface area contributed by atoms with Crippen molar-refractivity contribution in [2.75, 3.05) is 27.2 Å². The zero-order chi connectivity index (χ0) is 13.2. The fourth-order valence-electron chi connectivity index (χ4n) is 2.93. The van der Waals surface area contributed by atoms with Crippen molar-refractivity contribution in [3.8, 4) is 0 Å². The minimum absolute atomic E-state index is 0.0684. The van der Waals surface area contributed by atoms with Crippen LogP contribution in [0.25, 0.3) is 0 Å². The lowest BCUT2D eigenvalue weighted by molar-refractivity contribution is -0.153. The van der Waals surface area contributed by atoms with E-state index >= 15 is 0 Å². The van der Waals surface area contributed by atoms with Crippen molar-refractivity contribution in [2.45, 2.75) is 50.6 Å². The van der Waals surface area contributed by atoms with Gasteiger partial charge in [0.1, 0.15) is 5.54 Å². The molecule has 4 heteroatoms. The molecule has 1 unspecified atom stereocenters. The Hall–Kier alpha value is -0.610. The summed E-state index contributed by atoms with van der Waals surface area (Å²) in [5.41, 5.74) is -0.486. The number of nitrogens with one attached hydrogen (secondary N) is 1. The first kappa shape index (κ1) is 13.8. The van der Waals surface area contributed by atoms with E-state index in [1.165, 1.54) is 19.3 Å². The van der Waals surface area contributed by atoms with E-state index in [0.29, 0.717) is 18.6 Å². The summed E-state index contributed by atoms with van der Waals surface area (Å²) in [5, 5.41) is 3.28. The highest BCUT2D eigenvalue weighted by Crippen LogP contribution is 2.41. The molecule has 0 aromatic rings. The largest absolute Gasteiger partial charge is 0.465 e. The van der Waals surface area contributed by atoms with Crippen molar-refractivity contribution >= 4 is 5.97 Å². The van der Waals surface area contributed by atoms with E-state index in [1.807, 2.05) is 14.0 Å². The quantitative estimate of drug-likeness (QED) is 0.697. The second-order valence-corrected chi connectivity index (χ2v) is 5.72. The Labute approximate surface area is 110 Å². The molecule has 18 heavy (non-hydrogen) atoms. The van der Waals surface area contributed by atoms with Gasteiger partial charge in [-0.1, -0.05) is 6.42 Å². The summed E-state index contributed by atoms with van der Waals surface area (Å²) >= 11 is 0. The minimum Gasteiger partial charge on any atom is -0.465 e. The average molecular weight is 254 g/mol. The van der Waals surface area contributed by atoms with Gasteiger partial charge in [-0.2, -0.15) is 0 Å². The Bertz CT molecular complexity index is 300. The Balaban J connectivity index is 2.05. The number of carbonyl (C=O) groups is 1. The van der Waals surface area contributed by atoms with Crippen LogP contribution in [0.3, 0.4) is 0 Å². The maximum Gasteiger partial charge on any atom is 0.327 e. The summed E-state index contributed by atoms with van der Waals surface area (Å²) in [7, 11) is 4.03. The van der Waals surface area contributed by atoms with Crippen LogP contribution in [0.15, 0.2) is 0 Å². The number of hydrogen-bond acceptors (Lipinski definition) is 4. The van der Waals surface area contributed by atoms with Gasteiger partial charge < -0.3 is 15.0 Å². The van der Waals surface area contributed by atoms with Gasteiger partial charge in [-0.05, 0) is 52.6 Å². The van der Waals surface area contributed by atoms with Gasteiger partial charge in [0.05, 0.1) is 6.61 Å². The highest BCUT2D eigenvalue weighted by Gasteiger charge is 2.52. The molecular formula is C14H26N2O2. The minimum atomic E-state index is -0.486. The van der Waals surface area contributed by atoms with Crippen LogP contribution >= 0.6 is 0 Å². The third-order valence-corrected chi connectivity index (χ3v) is 4.56. The van der Waals surface area contributed by atoms with Crippen LogP contribution < -0.4 is 5.32 Å². The average Bonchev–Trinajstić information content (AvgIpc) is 3.07. The van der Waals surface area contributed by atoms with Crippen molar-refractivity contribution in [1.29, 1.82) is 0 Å². The van der Waals surface area contributed by atoms with E-state index in [1.54, 1.807) is 0 Å². The molecule has 2 aliphatic carbocycles. The summed E-state index contributed by atoms with van der Waals surface area (Å²) in [6.45, 7) is 3.11. The van der Waals surface area contributed by atoms with Crippen molar-refractivity contribution < 1.29 is 9.53 Å². The molecule has 4 nitrogen and oxygen atoms in total. The zero-order valence-corrected chi connectivity index (χ0v) is 11.9. The number of likely N-dealkylation sites (N-methyl/N-ethyl adjacent to an activating group) is 2. The lowest BCUT2D eigenvalue weighted by Crippen LogP contribution is -2.61. The molecule has 0 heterocycles. The van der Waals surface area contributed by atoms with Crippen LogP contribution in [0, 0.1) is 5.92 Å². The Morgan fingerprint density at radius 2 is 2.06 bits per heavy atom. The Kier molecular flexibility index (Phi) is 4.28. The Morgan fingerprint density at radius 3 is 2.44 bits per heavy atom. The van der Waals surface area contributed by atoms with Gasteiger partial charge in [0.15, 0.2) is 0 Å². The molecule has 104 valence electrons. The monoisotopic (exact) mass is 254 g/mol. The summed E-state index contributed by atoms with van der Waals surface area (Å²) in [6.07, 6.45) is 6.13. The van der Waals surface area contributed by atoms with Crippen LogP contribution in [0.2, 0.25) is 0 Å². The van der Waals surface area contributed by atoms with Crippen LogP contribution in [-0.4, -0.2) is 49.7 Å². The molecule has 1 atom stereocenters. The van der Waals surface area contributed by atoms with E-state index < -0.39 is 5.54 Å². The van der Waals surface area contributed by atoms with Crippen LogP contribution in [0.5, 0.6) is 0 Å². The predicted molar refractivity (Wildman–Crippen MR) is 71.4 cm³/mol. The predicted octanol–water partition coefficient (Wildman–Crippen LogP) is 1.40. The fraction of sp³-hybridized carbons (Fsp3) is 0.929. The summed E-state index contributed by atoms with van der Waals surface area (Å²) in [6, 6.07) is 0.658. The lowest BCUT2D eigenvalue weighted by atomic mass is 9.87. The third-order valence-electron chi connectivity index (χ3n) is 4.56. The summed E-state index contributed by atoms with van der Waals surface area (Å²) < 4.78 is 5.30. The van der Waals surface area contributed by atoms with Gasteiger partial charge in [-0.15, -0.1) is 0 Å². The molecule has 0 bridgehead atoms. The van der Waals surface area contributed by atoms with Gasteiger partial charge in [0, 0.05) is 12.6 Å². The number of hydrogen-bond donors (Lipinski definition) is 1. The van der Waals surface area contributed by atoms with Gasteiger partial charge in [-0.3, -0.25) is 0 Å². The highest BCUT2D eigenvalue weighted by molar-refractivity contribution is 5.82. The SMILES string of the molecule is CCOC(=O)C(CN(C)C1CCC1)(NC)C1CC1. The van der Waals surface area contributed by atoms with Crippen molar-refractivity contribution in [2.24, 2.45) is 5.92 Å². The molecule has 0 amide bonds. The second kappa shape index (κ2) is 5.57. The normalized spacial score (nSPS) is 23.6. The first-order valence-electron chi connectivity index (χ1n) is 7.20. The standard InChI is InChI=1S/C14H26N2O2/c1-4-18-13(17)14(15-2,11-8-9-11)10-16(3)12-6-5-7-12/h11-12,15H,4-10H2,1-3H3. The maximum atomic E-state index is 12.3. The molecule has 2 fully saturated rings. The van der Waals surface area contributed by atoms with Crippen LogP contribution in [0.1, 0.15) is 39.0 Å².